The van der Waals surface area contributed by atoms with Gasteiger partial charge in [0.2, 0.25) is 5.75 Å². The first-order valence-corrected chi connectivity index (χ1v) is 8.04. The van der Waals surface area contributed by atoms with Crippen molar-refractivity contribution < 1.29 is 23.8 Å². The van der Waals surface area contributed by atoms with Gasteiger partial charge in [-0.2, -0.15) is 0 Å². The van der Waals surface area contributed by atoms with Crippen molar-refractivity contribution in [2.24, 2.45) is 0 Å². The molecule has 2 aromatic rings. The fraction of sp³-hybridized carbons (Fsp3) is 0.263. The van der Waals surface area contributed by atoms with Crippen LogP contribution in [0, 0.1) is 0 Å². The molecule has 7 nitrogen and oxygen atoms in total. The molecule has 2 aromatic carbocycles. The van der Waals surface area contributed by atoms with E-state index in [2.05, 4.69) is 10.6 Å². The highest BCUT2D eigenvalue weighted by Crippen LogP contribution is 2.38. The first kappa shape index (κ1) is 19.1. The number of carbonyl (C=O) groups excluding carboxylic acids is 2. The molecule has 2 amide bonds. The Morgan fingerprint density at radius 2 is 1.54 bits per heavy atom. The monoisotopic (exact) mass is 358 g/mol. The summed E-state index contributed by atoms with van der Waals surface area (Å²) >= 11 is 0. The summed E-state index contributed by atoms with van der Waals surface area (Å²) in [6.45, 7) is 2.32. The lowest BCUT2D eigenvalue weighted by atomic mass is 10.1. The molecule has 0 aromatic heterocycles. The molecular formula is C19H22N2O5. The van der Waals surface area contributed by atoms with Crippen LogP contribution in [0.15, 0.2) is 36.4 Å². The van der Waals surface area contributed by atoms with Gasteiger partial charge in [-0.05, 0) is 31.2 Å². The highest BCUT2D eigenvalue weighted by atomic mass is 16.5. The Kier molecular flexibility index (Phi) is 6.43. The van der Waals surface area contributed by atoms with Gasteiger partial charge < -0.3 is 24.8 Å². The number of para-hydroxylation sites is 1. The van der Waals surface area contributed by atoms with Gasteiger partial charge in [0, 0.05) is 12.1 Å². The van der Waals surface area contributed by atoms with Crippen molar-refractivity contribution in [3.05, 3.63) is 47.5 Å². The van der Waals surface area contributed by atoms with E-state index < -0.39 is 5.91 Å². The molecule has 138 valence electrons. The maximum atomic E-state index is 12.7. The van der Waals surface area contributed by atoms with Crippen molar-refractivity contribution in [1.82, 2.24) is 5.32 Å². The second-order valence-corrected chi connectivity index (χ2v) is 5.27. The highest BCUT2D eigenvalue weighted by Gasteiger charge is 2.18. The lowest BCUT2D eigenvalue weighted by Gasteiger charge is -2.15. The number of carbonyl (C=O) groups is 2. The van der Waals surface area contributed by atoms with Crippen LogP contribution in [0.2, 0.25) is 0 Å². The fourth-order valence-corrected chi connectivity index (χ4v) is 2.45. The van der Waals surface area contributed by atoms with Crippen LogP contribution in [0.1, 0.15) is 27.6 Å². The number of benzene rings is 2. The van der Waals surface area contributed by atoms with Crippen molar-refractivity contribution in [2.75, 3.05) is 33.2 Å². The van der Waals surface area contributed by atoms with Gasteiger partial charge in [-0.1, -0.05) is 12.1 Å². The van der Waals surface area contributed by atoms with E-state index in [0.717, 1.165) is 0 Å². The van der Waals surface area contributed by atoms with Crippen LogP contribution in [0.5, 0.6) is 17.2 Å². The van der Waals surface area contributed by atoms with E-state index in [4.69, 9.17) is 14.2 Å². The predicted molar refractivity (Wildman–Crippen MR) is 98.5 cm³/mol. The Morgan fingerprint density at radius 3 is 2.08 bits per heavy atom. The molecule has 2 rings (SSSR count). The Labute approximate surface area is 152 Å². The molecule has 2 N–H and O–H groups in total. The minimum absolute atomic E-state index is 0.256. The number of methoxy groups -OCH3 is 3. The van der Waals surface area contributed by atoms with Crippen molar-refractivity contribution in [1.29, 1.82) is 0 Å². The number of rotatable bonds is 7. The molecule has 0 saturated carbocycles. The molecule has 0 heterocycles. The van der Waals surface area contributed by atoms with Crippen LogP contribution in [0.3, 0.4) is 0 Å². The largest absolute Gasteiger partial charge is 0.493 e. The van der Waals surface area contributed by atoms with E-state index in [-0.39, 0.29) is 5.91 Å². The van der Waals surface area contributed by atoms with Gasteiger partial charge in [0.25, 0.3) is 11.8 Å². The first-order valence-electron chi connectivity index (χ1n) is 8.04. The molecule has 0 aliphatic rings. The fourth-order valence-electron chi connectivity index (χ4n) is 2.45. The second-order valence-electron chi connectivity index (χ2n) is 5.27. The molecular weight excluding hydrogens is 336 g/mol. The molecule has 0 unspecified atom stereocenters. The van der Waals surface area contributed by atoms with E-state index in [1.54, 1.807) is 36.4 Å². The Bertz CT molecular complexity index is 779. The van der Waals surface area contributed by atoms with Gasteiger partial charge in [-0.15, -0.1) is 0 Å². The summed E-state index contributed by atoms with van der Waals surface area (Å²) in [5.74, 6) is 0.478. The Morgan fingerprint density at radius 1 is 0.923 bits per heavy atom. The van der Waals surface area contributed by atoms with E-state index in [0.29, 0.717) is 40.6 Å². The lowest BCUT2D eigenvalue weighted by molar-refractivity contribution is 0.0956. The van der Waals surface area contributed by atoms with E-state index in [1.165, 1.54) is 21.3 Å². The summed E-state index contributed by atoms with van der Waals surface area (Å²) in [7, 11) is 4.44. The summed E-state index contributed by atoms with van der Waals surface area (Å²) in [5.41, 5.74) is 1.11. The minimum atomic E-state index is -0.402. The van der Waals surface area contributed by atoms with E-state index >= 15 is 0 Å². The summed E-state index contributed by atoms with van der Waals surface area (Å²) in [4.78, 5) is 24.8. The second kappa shape index (κ2) is 8.75. The number of hydrogen-bond acceptors (Lipinski definition) is 5. The molecule has 26 heavy (non-hydrogen) atoms. The van der Waals surface area contributed by atoms with Gasteiger partial charge in [0.05, 0.1) is 32.6 Å². The molecule has 0 saturated heterocycles. The van der Waals surface area contributed by atoms with Crippen LogP contribution in [0.4, 0.5) is 5.69 Å². The van der Waals surface area contributed by atoms with Crippen molar-refractivity contribution >= 4 is 17.5 Å². The van der Waals surface area contributed by atoms with Crippen LogP contribution in [0.25, 0.3) is 0 Å². The molecule has 0 aliphatic carbocycles. The Hall–Kier alpha value is -3.22. The molecule has 0 bridgehead atoms. The third kappa shape index (κ3) is 4.05. The topological polar surface area (TPSA) is 85.9 Å². The van der Waals surface area contributed by atoms with Crippen molar-refractivity contribution in [2.45, 2.75) is 6.92 Å². The number of hydrogen-bond donors (Lipinski definition) is 2. The maximum Gasteiger partial charge on any atom is 0.255 e. The number of ether oxygens (including phenoxy) is 3. The smallest absolute Gasteiger partial charge is 0.255 e. The van der Waals surface area contributed by atoms with E-state index in [9.17, 15) is 9.59 Å². The van der Waals surface area contributed by atoms with Crippen LogP contribution in [-0.4, -0.2) is 39.7 Å². The number of anilines is 1. The average molecular weight is 358 g/mol. The zero-order chi connectivity index (χ0) is 19.1. The number of nitrogens with one attached hydrogen (secondary N) is 2. The van der Waals surface area contributed by atoms with Gasteiger partial charge in [0.1, 0.15) is 0 Å². The van der Waals surface area contributed by atoms with Crippen molar-refractivity contribution in [3.8, 4) is 17.2 Å². The molecule has 0 atom stereocenters. The summed E-state index contributed by atoms with van der Waals surface area (Å²) in [6, 6.07) is 9.89. The third-order valence-electron chi connectivity index (χ3n) is 3.68. The highest BCUT2D eigenvalue weighted by molar-refractivity contribution is 6.09. The molecule has 0 spiro atoms. The normalized spacial score (nSPS) is 10.0. The summed E-state index contributed by atoms with van der Waals surface area (Å²) in [5, 5.41) is 5.47. The SMILES string of the molecule is CCNC(=O)c1ccccc1NC(=O)c1cc(OC)c(OC)c(OC)c1. The molecule has 7 heteroatoms. The summed E-state index contributed by atoms with van der Waals surface area (Å²) < 4.78 is 15.8. The molecule has 0 aliphatic heterocycles. The zero-order valence-electron chi connectivity index (χ0n) is 15.2. The summed E-state index contributed by atoms with van der Waals surface area (Å²) in [6.07, 6.45) is 0. The average Bonchev–Trinajstić information content (AvgIpc) is 2.67. The Balaban J connectivity index is 2.35. The molecule has 0 radical (unpaired) electrons. The lowest BCUT2D eigenvalue weighted by Crippen LogP contribution is -2.24. The van der Waals surface area contributed by atoms with E-state index in [1.807, 2.05) is 6.92 Å². The van der Waals surface area contributed by atoms with Gasteiger partial charge in [-0.25, -0.2) is 0 Å². The van der Waals surface area contributed by atoms with Gasteiger partial charge >= 0.3 is 0 Å². The first-order chi connectivity index (χ1) is 12.5. The van der Waals surface area contributed by atoms with Crippen molar-refractivity contribution in [3.63, 3.8) is 0 Å². The number of amides is 2. The van der Waals surface area contributed by atoms with Crippen LogP contribution >= 0.6 is 0 Å². The molecule has 0 fully saturated rings. The maximum absolute atomic E-state index is 12.7. The zero-order valence-corrected chi connectivity index (χ0v) is 15.2. The third-order valence-corrected chi connectivity index (χ3v) is 3.68. The standard InChI is InChI=1S/C19H22N2O5/c1-5-20-19(23)13-8-6-7-9-14(13)21-18(22)12-10-15(24-2)17(26-4)16(11-12)25-3/h6-11H,5H2,1-4H3,(H,20,23)(H,21,22). The van der Waals surface area contributed by atoms with Gasteiger partial charge in [0.15, 0.2) is 11.5 Å². The van der Waals surface area contributed by atoms with Gasteiger partial charge in [-0.3, -0.25) is 9.59 Å². The quantitative estimate of drug-likeness (QED) is 0.795. The van der Waals surface area contributed by atoms with Crippen LogP contribution < -0.4 is 24.8 Å². The predicted octanol–water partition coefficient (Wildman–Crippen LogP) is 2.71. The van der Waals surface area contributed by atoms with Crippen LogP contribution in [-0.2, 0) is 0 Å². The minimum Gasteiger partial charge on any atom is -0.493 e.